The van der Waals surface area contributed by atoms with Gasteiger partial charge in [-0.2, -0.15) is 0 Å². The molecule has 0 heterocycles. The molecule has 0 unspecified atom stereocenters. The fraction of sp³-hybridized carbons (Fsp3) is 0.600. The average molecular weight is 268 g/mol. The van der Waals surface area contributed by atoms with E-state index in [-0.39, 0.29) is 5.54 Å². The van der Waals surface area contributed by atoms with Crippen LogP contribution in [-0.2, 0) is 11.3 Å². The second-order valence-corrected chi connectivity index (χ2v) is 5.77. The molecule has 0 radical (unpaired) electrons. The number of hydrogen-bond acceptors (Lipinski definition) is 2. The Hall–Kier alpha value is -0.570. The van der Waals surface area contributed by atoms with Gasteiger partial charge in [-0.05, 0) is 24.5 Å². The molecular weight excluding hydrogens is 246 g/mol. The first-order valence-corrected chi connectivity index (χ1v) is 7.17. The van der Waals surface area contributed by atoms with Gasteiger partial charge in [0.1, 0.15) is 0 Å². The minimum Gasteiger partial charge on any atom is -0.375 e. The Kier molecular flexibility index (Phi) is 5.04. The summed E-state index contributed by atoms with van der Waals surface area (Å²) in [6.07, 6.45) is 7.23. The molecule has 0 atom stereocenters. The summed E-state index contributed by atoms with van der Waals surface area (Å²) >= 11 is 6.10. The molecule has 2 nitrogen and oxygen atoms in total. The van der Waals surface area contributed by atoms with E-state index >= 15 is 0 Å². The number of hydrogen-bond donors (Lipinski definition) is 1. The molecule has 2 rings (SSSR count). The molecule has 100 valence electrons. The van der Waals surface area contributed by atoms with E-state index < -0.39 is 0 Å². The molecule has 2 N–H and O–H groups in total. The van der Waals surface area contributed by atoms with Gasteiger partial charge in [-0.3, -0.25) is 0 Å². The first kappa shape index (κ1) is 13.9. The number of ether oxygens (including phenoxy) is 1. The molecule has 1 aromatic carbocycles. The van der Waals surface area contributed by atoms with Crippen LogP contribution in [0.2, 0.25) is 5.02 Å². The van der Waals surface area contributed by atoms with Crippen LogP contribution in [0.15, 0.2) is 24.3 Å². The fourth-order valence-corrected chi connectivity index (χ4v) is 2.75. The highest BCUT2D eigenvalue weighted by molar-refractivity contribution is 6.31. The monoisotopic (exact) mass is 267 g/mol. The molecule has 1 aromatic rings. The van der Waals surface area contributed by atoms with E-state index in [4.69, 9.17) is 22.1 Å². The highest BCUT2D eigenvalue weighted by Crippen LogP contribution is 2.25. The Labute approximate surface area is 114 Å². The van der Waals surface area contributed by atoms with Gasteiger partial charge in [-0.15, -0.1) is 0 Å². The van der Waals surface area contributed by atoms with E-state index in [0.29, 0.717) is 13.2 Å². The van der Waals surface area contributed by atoms with Crippen molar-refractivity contribution >= 4 is 11.6 Å². The lowest BCUT2D eigenvalue weighted by Crippen LogP contribution is -2.43. The van der Waals surface area contributed by atoms with E-state index in [1.54, 1.807) is 0 Å². The molecule has 1 aliphatic rings. The predicted octanol–water partition coefficient (Wildman–Crippen LogP) is 3.91. The molecule has 0 spiro atoms. The third kappa shape index (κ3) is 3.98. The van der Waals surface area contributed by atoms with Crippen molar-refractivity contribution in [3.63, 3.8) is 0 Å². The predicted molar refractivity (Wildman–Crippen MR) is 75.7 cm³/mol. The van der Waals surface area contributed by atoms with Crippen LogP contribution >= 0.6 is 11.6 Å². The molecule has 3 heteroatoms. The average Bonchev–Trinajstić information content (AvgIpc) is 2.57. The Morgan fingerprint density at radius 2 is 1.78 bits per heavy atom. The van der Waals surface area contributed by atoms with Crippen molar-refractivity contribution in [2.24, 2.45) is 5.73 Å². The maximum Gasteiger partial charge on any atom is 0.0732 e. The van der Waals surface area contributed by atoms with Gasteiger partial charge < -0.3 is 10.5 Å². The van der Waals surface area contributed by atoms with Gasteiger partial charge in [0.25, 0.3) is 0 Å². The molecule has 18 heavy (non-hydrogen) atoms. The summed E-state index contributed by atoms with van der Waals surface area (Å²) < 4.78 is 5.79. The van der Waals surface area contributed by atoms with E-state index in [1.165, 1.54) is 25.7 Å². The quantitative estimate of drug-likeness (QED) is 0.840. The maximum atomic E-state index is 6.40. The minimum absolute atomic E-state index is 0.127. The zero-order valence-corrected chi connectivity index (χ0v) is 11.6. The largest absolute Gasteiger partial charge is 0.375 e. The summed E-state index contributed by atoms with van der Waals surface area (Å²) in [5.41, 5.74) is 7.31. The molecule has 0 aliphatic heterocycles. The summed E-state index contributed by atoms with van der Waals surface area (Å²) in [4.78, 5) is 0. The number of rotatable bonds is 4. The van der Waals surface area contributed by atoms with Crippen molar-refractivity contribution in [1.82, 2.24) is 0 Å². The van der Waals surface area contributed by atoms with E-state index in [2.05, 4.69) is 0 Å². The summed E-state index contributed by atoms with van der Waals surface area (Å²) in [6, 6.07) is 7.80. The lowest BCUT2D eigenvalue weighted by Gasteiger charge is -2.27. The standard InChI is InChI=1S/C15H22ClNO/c16-14-8-4-3-7-13(14)11-18-12-15(17)9-5-1-2-6-10-15/h3-4,7-8H,1-2,5-6,9-12,17H2. The maximum absolute atomic E-state index is 6.40. The normalized spacial score (nSPS) is 19.4. The van der Waals surface area contributed by atoms with Crippen molar-refractivity contribution in [1.29, 1.82) is 0 Å². The van der Waals surface area contributed by atoms with Crippen LogP contribution in [0.3, 0.4) is 0 Å². The number of nitrogens with two attached hydrogens (primary N) is 1. The first-order valence-electron chi connectivity index (χ1n) is 6.80. The van der Waals surface area contributed by atoms with Crippen molar-refractivity contribution in [2.45, 2.75) is 50.7 Å². The lowest BCUT2D eigenvalue weighted by atomic mass is 9.93. The molecule has 0 saturated heterocycles. The Morgan fingerprint density at radius 1 is 1.11 bits per heavy atom. The zero-order valence-electron chi connectivity index (χ0n) is 10.8. The minimum atomic E-state index is -0.127. The highest BCUT2D eigenvalue weighted by atomic mass is 35.5. The van der Waals surface area contributed by atoms with E-state index in [9.17, 15) is 0 Å². The van der Waals surface area contributed by atoms with Crippen LogP contribution in [0.1, 0.15) is 44.1 Å². The van der Waals surface area contributed by atoms with Crippen LogP contribution < -0.4 is 5.73 Å². The number of benzene rings is 1. The molecule has 0 amide bonds. The molecule has 0 bridgehead atoms. The SMILES string of the molecule is NC1(COCc2ccccc2Cl)CCCCCC1. The van der Waals surface area contributed by atoms with Crippen molar-refractivity contribution in [3.05, 3.63) is 34.9 Å². The van der Waals surface area contributed by atoms with Gasteiger partial charge in [0.15, 0.2) is 0 Å². The van der Waals surface area contributed by atoms with Crippen LogP contribution in [0.5, 0.6) is 0 Å². The first-order chi connectivity index (χ1) is 8.70. The van der Waals surface area contributed by atoms with Gasteiger partial charge in [0.2, 0.25) is 0 Å². The molecule has 1 aliphatic carbocycles. The van der Waals surface area contributed by atoms with Crippen molar-refractivity contribution in [2.75, 3.05) is 6.61 Å². The van der Waals surface area contributed by atoms with Gasteiger partial charge in [-0.25, -0.2) is 0 Å². The fourth-order valence-electron chi connectivity index (χ4n) is 2.56. The van der Waals surface area contributed by atoms with Crippen molar-refractivity contribution in [3.8, 4) is 0 Å². The van der Waals surface area contributed by atoms with Gasteiger partial charge in [0.05, 0.1) is 13.2 Å². The zero-order chi connectivity index (χ0) is 12.8. The highest BCUT2D eigenvalue weighted by Gasteiger charge is 2.26. The van der Waals surface area contributed by atoms with Gasteiger partial charge >= 0.3 is 0 Å². The van der Waals surface area contributed by atoms with Crippen molar-refractivity contribution < 1.29 is 4.74 Å². The molecular formula is C15H22ClNO. The third-order valence-electron chi connectivity index (χ3n) is 3.70. The van der Waals surface area contributed by atoms with Crippen LogP contribution in [-0.4, -0.2) is 12.1 Å². The van der Waals surface area contributed by atoms with Crippen LogP contribution in [0.25, 0.3) is 0 Å². The Morgan fingerprint density at radius 3 is 2.44 bits per heavy atom. The third-order valence-corrected chi connectivity index (χ3v) is 4.07. The van der Waals surface area contributed by atoms with E-state index in [0.717, 1.165) is 23.4 Å². The second-order valence-electron chi connectivity index (χ2n) is 5.36. The summed E-state index contributed by atoms with van der Waals surface area (Å²) in [6.45, 7) is 1.19. The second kappa shape index (κ2) is 6.55. The lowest BCUT2D eigenvalue weighted by molar-refractivity contribution is 0.0667. The molecule has 0 aromatic heterocycles. The summed E-state index contributed by atoms with van der Waals surface area (Å²) in [7, 11) is 0. The number of halogens is 1. The van der Waals surface area contributed by atoms with Gasteiger partial charge in [-0.1, -0.05) is 55.5 Å². The van der Waals surface area contributed by atoms with Gasteiger partial charge in [0, 0.05) is 10.6 Å². The molecule has 1 fully saturated rings. The summed E-state index contributed by atoms with van der Waals surface area (Å²) in [5.74, 6) is 0. The van der Waals surface area contributed by atoms with Crippen LogP contribution in [0.4, 0.5) is 0 Å². The molecule has 1 saturated carbocycles. The Bertz CT molecular complexity index is 373. The van der Waals surface area contributed by atoms with E-state index in [1.807, 2.05) is 24.3 Å². The summed E-state index contributed by atoms with van der Waals surface area (Å²) in [5, 5.41) is 0.768. The topological polar surface area (TPSA) is 35.2 Å². The van der Waals surface area contributed by atoms with Crippen LogP contribution in [0, 0.1) is 0 Å². The smallest absolute Gasteiger partial charge is 0.0732 e. The Balaban J connectivity index is 1.82.